The van der Waals surface area contributed by atoms with Gasteiger partial charge in [0.1, 0.15) is 5.15 Å². The van der Waals surface area contributed by atoms with Crippen LogP contribution in [0.3, 0.4) is 0 Å². The van der Waals surface area contributed by atoms with Gasteiger partial charge in [-0.3, -0.25) is 9.48 Å². The first-order valence-corrected chi connectivity index (χ1v) is 8.60. The predicted octanol–water partition coefficient (Wildman–Crippen LogP) is 3.98. The third-order valence-corrected chi connectivity index (χ3v) is 4.51. The van der Waals surface area contributed by atoms with E-state index in [1.807, 2.05) is 37.4 Å². The molecule has 0 aliphatic carbocycles. The Kier molecular flexibility index (Phi) is 5.06. The molecule has 1 aromatic carbocycles. The minimum absolute atomic E-state index is 0.272. The van der Waals surface area contributed by atoms with E-state index in [1.54, 1.807) is 28.7 Å². The van der Waals surface area contributed by atoms with Gasteiger partial charge in [0.15, 0.2) is 0 Å². The first-order chi connectivity index (χ1) is 12.0. The number of carbonyl (C=O) groups excluding carboxylic acids is 1. The molecule has 0 saturated carbocycles. The zero-order valence-corrected chi connectivity index (χ0v) is 15.9. The van der Waals surface area contributed by atoms with Gasteiger partial charge in [0.25, 0.3) is 0 Å². The fraction of sp³-hybridized carbons (Fsp3) is 0.118. The van der Waals surface area contributed by atoms with Crippen molar-refractivity contribution in [2.45, 2.75) is 6.92 Å². The van der Waals surface area contributed by atoms with Gasteiger partial charge in [0.05, 0.1) is 17.1 Å². The van der Waals surface area contributed by atoms with Crippen molar-refractivity contribution in [2.24, 2.45) is 7.05 Å². The molecule has 0 fully saturated rings. The summed E-state index contributed by atoms with van der Waals surface area (Å²) in [4.78, 5) is 12.3. The third kappa shape index (κ3) is 3.83. The van der Waals surface area contributed by atoms with Crippen LogP contribution >= 0.6 is 27.5 Å². The van der Waals surface area contributed by atoms with Gasteiger partial charge in [-0.15, -0.1) is 0 Å². The lowest BCUT2D eigenvalue weighted by molar-refractivity contribution is -0.111. The lowest BCUT2D eigenvalue weighted by atomic mass is 10.2. The Bertz CT molecular complexity index is 946. The highest BCUT2D eigenvalue weighted by atomic mass is 79.9. The Morgan fingerprint density at radius 3 is 2.84 bits per heavy atom. The molecule has 1 amide bonds. The van der Waals surface area contributed by atoms with Crippen molar-refractivity contribution in [1.29, 1.82) is 0 Å². The first-order valence-electron chi connectivity index (χ1n) is 7.43. The first kappa shape index (κ1) is 17.4. The molecular weight excluding hydrogens is 406 g/mol. The van der Waals surface area contributed by atoms with Crippen LogP contribution < -0.4 is 5.32 Å². The summed E-state index contributed by atoms with van der Waals surface area (Å²) in [5.41, 5.74) is 2.89. The van der Waals surface area contributed by atoms with Gasteiger partial charge in [0, 0.05) is 35.6 Å². The van der Waals surface area contributed by atoms with Gasteiger partial charge in [-0.1, -0.05) is 27.5 Å². The normalized spacial score (nSPS) is 11.2. The second-order valence-electron chi connectivity index (χ2n) is 5.35. The average molecular weight is 421 g/mol. The standard InChI is InChI=1S/C17H15BrClN5O/c1-11-13(17(19)23(2)22-11)5-7-16(25)21-14-10-12(18)4-6-15(14)24-9-3-8-20-24/h3-10H,1-2H3,(H,21,25)/b7-5+. The number of anilines is 1. The number of hydrogen-bond donors (Lipinski definition) is 1. The molecule has 0 spiro atoms. The Labute approximate surface area is 158 Å². The lowest BCUT2D eigenvalue weighted by Crippen LogP contribution is -2.11. The molecule has 3 rings (SSSR count). The molecule has 0 atom stereocenters. The molecule has 8 heteroatoms. The molecule has 0 unspecified atom stereocenters. The Balaban J connectivity index is 1.84. The summed E-state index contributed by atoms with van der Waals surface area (Å²) in [5.74, 6) is -0.272. The van der Waals surface area contributed by atoms with Gasteiger partial charge in [-0.05, 0) is 37.3 Å². The second kappa shape index (κ2) is 7.25. The summed E-state index contributed by atoms with van der Waals surface area (Å²) in [7, 11) is 1.75. The molecule has 128 valence electrons. The summed E-state index contributed by atoms with van der Waals surface area (Å²) in [5, 5.41) is 11.8. The van der Waals surface area contributed by atoms with E-state index in [1.165, 1.54) is 6.08 Å². The van der Waals surface area contributed by atoms with Crippen molar-refractivity contribution in [3.05, 3.63) is 63.6 Å². The van der Waals surface area contributed by atoms with Crippen LogP contribution in [0.1, 0.15) is 11.3 Å². The van der Waals surface area contributed by atoms with E-state index >= 15 is 0 Å². The number of carbonyl (C=O) groups is 1. The monoisotopic (exact) mass is 419 g/mol. The molecule has 1 N–H and O–H groups in total. The van der Waals surface area contributed by atoms with Crippen LogP contribution in [0.15, 0.2) is 47.2 Å². The van der Waals surface area contributed by atoms with E-state index in [0.717, 1.165) is 21.4 Å². The molecule has 0 saturated heterocycles. The number of amides is 1. The fourth-order valence-electron chi connectivity index (χ4n) is 2.39. The number of aryl methyl sites for hydroxylation is 2. The highest BCUT2D eigenvalue weighted by molar-refractivity contribution is 9.10. The summed E-state index contributed by atoms with van der Waals surface area (Å²) in [6.07, 6.45) is 6.59. The minimum Gasteiger partial charge on any atom is -0.321 e. The van der Waals surface area contributed by atoms with Crippen molar-refractivity contribution in [3.8, 4) is 5.69 Å². The van der Waals surface area contributed by atoms with Crippen LogP contribution in [-0.4, -0.2) is 25.5 Å². The van der Waals surface area contributed by atoms with Crippen LogP contribution in [0.4, 0.5) is 5.69 Å². The number of benzene rings is 1. The lowest BCUT2D eigenvalue weighted by Gasteiger charge is -2.10. The maximum absolute atomic E-state index is 12.3. The van der Waals surface area contributed by atoms with Crippen molar-refractivity contribution in [1.82, 2.24) is 19.6 Å². The van der Waals surface area contributed by atoms with Gasteiger partial charge in [-0.25, -0.2) is 4.68 Å². The molecule has 0 radical (unpaired) electrons. The molecule has 0 bridgehead atoms. The SMILES string of the molecule is Cc1nn(C)c(Cl)c1/C=C/C(=O)Nc1cc(Br)ccc1-n1cccn1. The molecule has 2 aromatic heterocycles. The minimum atomic E-state index is -0.272. The van der Waals surface area contributed by atoms with Crippen LogP contribution in [0, 0.1) is 6.92 Å². The van der Waals surface area contributed by atoms with Gasteiger partial charge < -0.3 is 5.32 Å². The Morgan fingerprint density at radius 2 is 2.20 bits per heavy atom. The smallest absolute Gasteiger partial charge is 0.248 e. The summed E-state index contributed by atoms with van der Waals surface area (Å²) in [6.45, 7) is 1.84. The number of nitrogens with one attached hydrogen (secondary N) is 1. The van der Waals surface area contributed by atoms with E-state index in [0.29, 0.717) is 10.8 Å². The molecular formula is C17H15BrClN5O. The van der Waals surface area contributed by atoms with E-state index in [9.17, 15) is 4.79 Å². The maximum Gasteiger partial charge on any atom is 0.248 e. The molecule has 6 nitrogen and oxygen atoms in total. The van der Waals surface area contributed by atoms with E-state index < -0.39 is 0 Å². The zero-order valence-electron chi connectivity index (χ0n) is 13.6. The zero-order chi connectivity index (χ0) is 18.0. The van der Waals surface area contributed by atoms with Crippen LogP contribution in [-0.2, 0) is 11.8 Å². The third-order valence-electron chi connectivity index (χ3n) is 3.57. The highest BCUT2D eigenvalue weighted by Crippen LogP contribution is 2.25. The summed E-state index contributed by atoms with van der Waals surface area (Å²) < 4.78 is 4.11. The average Bonchev–Trinajstić information content (AvgIpc) is 3.16. The molecule has 0 aliphatic heterocycles. The van der Waals surface area contributed by atoms with E-state index in [2.05, 4.69) is 31.4 Å². The van der Waals surface area contributed by atoms with Gasteiger partial charge in [-0.2, -0.15) is 10.2 Å². The predicted molar refractivity (Wildman–Crippen MR) is 102 cm³/mol. The van der Waals surface area contributed by atoms with Gasteiger partial charge >= 0.3 is 0 Å². The largest absolute Gasteiger partial charge is 0.321 e. The maximum atomic E-state index is 12.3. The van der Waals surface area contributed by atoms with Crippen molar-refractivity contribution >= 4 is 45.2 Å². The van der Waals surface area contributed by atoms with Crippen LogP contribution in [0.25, 0.3) is 11.8 Å². The molecule has 3 aromatic rings. The topological polar surface area (TPSA) is 64.7 Å². The van der Waals surface area contributed by atoms with Crippen molar-refractivity contribution in [2.75, 3.05) is 5.32 Å². The Hall–Kier alpha value is -2.38. The summed E-state index contributed by atoms with van der Waals surface area (Å²) >= 11 is 9.59. The quantitative estimate of drug-likeness (QED) is 0.649. The van der Waals surface area contributed by atoms with Crippen molar-refractivity contribution < 1.29 is 4.79 Å². The van der Waals surface area contributed by atoms with Gasteiger partial charge in [0.2, 0.25) is 5.91 Å². The van der Waals surface area contributed by atoms with E-state index in [4.69, 9.17) is 11.6 Å². The van der Waals surface area contributed by atoms with Crippen LogP contribution in [0.5, 0.6) is 0 Å². The molecule has 25 heavy (non-hydrogen) atoms. The highest BCUT2D eigenvalue weighted by Gasteiger charge is 2.10. The number of hydrogen-bond acceptors (Lipinski definition) is 3. The molecule has 2 heterocycles. The second-order valence-corrected chi connectivity index (χ2v) is 6.62. The summed E-state index contributed by atoms with van der Waals surface area (Å²) in [6, 6.07) is 7.41. The van der Waals surface area contributed by atoms with Crippen LogP contribution in [0.2, 0.25) is 5.15 Å². The number of rotatable bonds is 4. The van der Waals surface area contributed by atoms with Crippen molar-refractivity contribution in [3.63, 3.8) is 0 Å². The van der Waals surface area contributed by atoms with E-state index in [-0.39, 0.29) is 5.91 Å². The number of nitrogens with zero attached hydrogens (tertiary/aromatic N) is 4. The number of halogens is 2. The molecule has 0 aliphatic rings. The number of aromatic nitrogens is 4. The fourth-order valence-corrected chi connectivity index (χ4v) is 2.99. The Morgan fingerprint density at radius 1 is 1.40 bits per heavy atom.